The molecule has 2 spiro atoms. The Morgan fingerprint density at radius 1 is 0.576 bits per heavy atom. The molecule has 3 amide bonds. The van der Waals surface area contributed by atoms with Crippen molar-refractivity contribution in [2.75, 3.05) is 13.7 Å². The number of carbonyl (C=O) groups is 4. The molecule has 2 heterocycles. The molecule has 4 aliphatic rings. The van der Waals surface area contributed by atoms with Crippen molar-refractivity contribution in [1.82, 2.24) is 20.7 Å². The number of esters is 1. The zero-order valence-electron chi connectivity index (χ0n) is 48.3. The summed E-state index contributed by atoms with van der Waals surface area (Å²) >= 11 is 25.8. The van der Waals surface area contributed by atoms with Gasteiger partial charge in [0.25, 0.3) is 17.7 Å². The van der Waals surface area contributed by atoms with Crippen molar-refractivity contribution < 1.29 is 23.9 Å². The van der Waals surface area contributed by atoms with E-state index in [1.807, 2.05) is 114 Å². The molecule has 2 aliphatic carbocycles. The molecule has 2 saturated carbocycles. The monoisotopic (exact) mass is 1220 g/mol. The molecule has 0 unspecified atom stereocenters. The van der Waals surface area contributed by atoms with Crippen molar-refractivity contribution in [3.05, 3.63) is 187 Å². The number of hydrazine groups is 1. The quantitative estimate of drug-likeness (QED) is 0.0202. The van der Waals surface area contributed by atoms with E-state index in [2.05, 4.69) is 34.7 Å². The van der Waals surface area contributed by atoms with Gasteiger partial charge in [0.1, 0.15) is 28.6 Å². The van der Waals surface area contributed by atoms with Crippen molar-refractivity contribution in [1.29, 1.82) is 0 Å². The average Bonchev–Trinajstić information content (AvgIpc) is 2.40. The van der Waals surface area contributed by atoms with Gasteiger partial charge >= 0.3 is 5.97 Å². The molecule has 444 valence electrons. The van der Waals surface area contributed by atoms with Gasteiger partial charge < -0.3 is 25.6 Å². The molecule has 6 N–H and O–H groups in total. The standard InChI is InChI=1S/C34H39Cl2N7O2.C33H34Cl2N2O3/c1-2-3-10-28(22-11-17-25(18-12-22)32(44)39-21-29(37)41-42-38)43-33(45)31(40-34(43)19-5-4-6-20-34)24-15-13-23(14-16-24)30-26(35)8-7-9-27(30)36;1-3-4-11-28(22-12-18-25(19-13-22)32(39)40-2)37-31(38)30(36-33(37)20-6-5-7-21-33)24-16-14-23(15-17-24)29-26(34)9-8-10-27(29)35/h7-9,11-18,28,42H,2-6,10,19-21,38H2,1H3,(H2,37,41)(H,39,44);8-10,12-19,28H,3-7,11,20-21H2,1-2H3/t2*28-/m11/s1. The van der Waals surface area contributed by atoms with Crippen LogP contribution in [0.25, 0.3) is 22.3 Å². The summed E-state index contributed by atoms with van der Waals surface area (Å²) < 4.78 is 4.88. The third-order valence-electron chi connectivity index (χ3n) is 16.7. The molecule has 85 heavy (non-hydrogen) atoms. The third kappa shape index (κ3) is 13.8. The highest BCUT2D eigenvalue weighted by molar-refractivity contribution is 6.47. The highest BCUT2D eigenvalue weighted by Crippen LogP contribution is 2.48. The first-order chi connectivity index (χ1) is 41.2. The van der Waals surface area contributed by atoms with Gasteiger partial charge in [0, 0.05) is 47.9 Å². The van der Waals surface area contributed by atoms with Gasteiger partial charge in [-0.1, -0.05) is 184 Å². The van der Waals surface area contributed by atoms with E-state index in [-0.39, 0.29) is 48.2 Å². The minimum Gasteiger partial charge on any atom is -0.465 e. The minimum atomic E-state index is -0.599. The normalized spacial score (nSPS) is 17.0. The summed E-state index contributed by atoms with van der Waals surface area (Å²) in [5.74, 6) is 4.55. The van der Waals surface area contributed by atoms with Crippen molar-refractivity contribution in [3.63, 3.8) is 0 Å². The number of benzene rings is 6. The summed E-state index contributed by atoms with van der Waals surface area (Å²) in [7, 11) is 1.38. The van der Waals surface area contributed by atoms with Crippen molar-refractivity contribution in [2.24, 2.45) is 26.7 Å². The number of hydrogen-bond donors (Lipinski definition) is 4. The predicted octanol–water partition coefficient (Wildman–Crippen LogP) is 15.0. The largest absolute Gasteiger partial charge is 0.465 e. The van der Waals surface area contributed by atoms with E-state index in [9.17, 15) is 19.2 Å². The van der Waals surface area contributed by atoms with Gasteiger partial charge in [-0.05, 0) is 135 Å². The molecule has 18 heteroatoms. The second kappa shape index (κ2) is 28.4. The highest BCUT2D eigenvalue weighted by atomic mass is 35.5. The molecule has 0 bridgehead atoms. The van der Waals surface area contributed by atoms with Crippen LogP contribution in [0.3, 0.4) is 0 Å². The van der Waals surface area contributed by atoms with Gasteiger partial charge in [0.05, 0.1) is 31.3 Å². The fourth-order valence-electron chi connectivity index (χ4n) is 12.4. The van der Waals surface area contributed by atoms with Crippen LogP contribution in [0.1, 0.15) is 172 Å². The molecule has 2 aliphatic heterocycles. The van der Waals surface area contributed by atoms with Crippen LogP contribution in [0.4, 0.5) is 0 Å². The first-order valence-electron chi connectivity index (χ1n) is 29.5. The molecule has 2 atom stereocenters. The van der Waals surface area contributed by atoms with Crippen molar-refractivity contribution in [2.45, 2.75) is 140 Å². The van der Waals surface area contributed by atoms with Gasteiger partial charge in [-0.25, -0.2) is 16.2 Å². The summed E-state index contributed by atoms with van der Waals surface area (Å²) in [5, 5.41) is 8.69. The molecule has 0 saturated heterocycles. The van der Waals surface area contributed by atoms with E-state index in [0.29, 0.717) is 42.6 Å². The first kappa shape index (κ1) is 62.5. The van der Waals surface area contributed by atoms with Crippen LogP contribution in [0.2, 0.25) is 20.1 Å². The second-order valence-corrected chi connectivity index (χ2v) is 23.8. The van der Waals surface area contributed by atoms with Crippen LogP contribution in [0.15, 0.2) is 149 Å². The van der Waals surface area contributed by atoms with Gasteiger partial charge in [0.2, 0.25) is 0 Å². The molecule has 6 aromatic carbocycles. The van der Waals surface area contributed by atoms with Crippen LogP contribution in [0, 0.1) is 0 Å². The van der Waals surface area contributed by atoms with E-state index in [0.717, 1.165) is 147 Å². The summed E-state index contributed by atoms with van der Waals surface area (Å²) in [6, 6.07) is 41.1. The smallest absolute Gasteiger partial charge is 0.337 e. The number of halogens is 4. The Morgan fingerprint density at radius 3 is 1.32 bits per heavy atom. The zero-order chi connectivity index (χ0) is 60.3. The lowest BCUT2D eigenvalue weighted by atomic mass is 9.86. The molecule has 0 aromatic heterocycles. The number of hydrazone groups is 1. The Kier molecular flexibility index (Phi) is 20.9. The maximum absolute atomic E-state index is 14.4. The maximum Gasteiger partial charge on any atom is 0.337 e. The number of nitrogens with zero attached hydrogens (tertiary/aromatic N) is 5. The Balaban J connectivity index is 0.000000205. The average molecular weight is 1230 g/mol. The molecular formula is C67H73Cl4N9O5. The van der Waals surface area contributed by atoms with E-state index in [1.54, 1.807) is 24.3 Å². The second-order valence-electron chi connectivity index (χ2n) is 22.2. The maximum atomic E-state index is 14.4. The number of hydrogen-bond acceptors (Lipinski definition) is 10. The molecule has 14 nitrogen and oxygen atoms in total. The van der Waals surface area contributed by atoms with Crippen LogP contribution in [-0.4, -0.2) is 75.7 Å². The van der Waals surface area contributed by atoms with E-state index >= 15 is 0 Å². The number of nitrogens with two attached hydrogens (primary N) is 2. The van der Waals surface area contributed by atoms with Crippen molar-refractivity contribution >= 4 is 87.4 Å². The molecule has 10 rings (SSSR count). The molecule has 2 fully saturated rings. The number of amides is 3. The molecule has 6 aromatic rings. The van der Waals surface area contributed by atoms with Crippen LogP contribution >= 0.6 is 46.4 Å². The predicted molar refractivity (Wildman–Crippen MR) is 342 cm³/mol. The van der Waals surface area contributed by atoms with Gasteiger partial charge in [-0.3, -0.25) is 24.4 Å². The van der Waals surface area contributed by atoms with Gasteiger partial charge in [0.15, 0.2) is 0 Å². The van der Waals surface area contributed by atoms with Gasteiger partial charge in [-0.2, -0.15) is 5.10 Å². The Bertz CT molecular complexity index is 3410. The summed E-state index contributed by atoms with van der Waals surface area (Å²) in [6.45, 7) is 4.37. The van der Waals surface area contributed by atoms with Crippen LogP contribution in [-0.2, 0) is 14.3 Å². The van der Waals surface area contributed by atoms with Gasteiger partial charge in [-0.15, -0.1) is 0 Å². The van der Waals surface area contributed by atoms with E-state index < -0.39 is 11.3 Å². The van der Waals surface area contributed by atoms with Crippen LogP contribution < -0.4 is 22.4 Å². The summed E-state index contributed by atoms with van der Waals surface area (Å²) in [6.07, 6.45) is 15.3. The number of nitrogens with one attached hydrogen (secondary N) is 2. The van der Waals surface area contributed by atoms with Crippen LogP contribution in [0.5, 0.6) is 0 Å². The number of unbranched alkanes of at least 4 members (excludes halogenated alkanes) is 2. The topological polar surface area (TPSA) is 197 Å². The lowest BCUT2D eigenvalue weighted by Gasteiger charge is -2.44. The Morgan fingerprint density at radius 2 is 0.953 bits per heavy atom. The molecule has 0 radical (unpaired) electrons. The SMILES string of the molecule is CCCC[C@H](c1ccc(C(=O)NC/C(N)=N/NN)cc1)N1C(=O)C(c2ccc(-c3c(Cl)cccc3Cl)cc2)=NC12CCCCC2.CCCC[C@H](c1ccc(C(=O)OC)cc1)N1C(=O)C(c2ccc(-c3c(Cl)cccc3Cl)cc2)=NC12CCCCC2. The fraction of sp³-hybridized carbons (Fsp3) is 0.358. The van der Waals surface area contributed by atoms with Crippen molar-refractivity contribution in [3.8, 4) is 22.3 Å². The Labute approximate surface area is 518 Å². The summed E-state index contributed by atoms with van der Waals surface area (Å²) in [5.41, 5.74) is 15.5. The number of methoxy groups -OCH3 is 1. The first-order valence-corrected chi connectivity index (χ1v) is 31.0. The Hall–Kier alpha value is -7.07. The number of amidine groups is 1. The molecular weight excluding hydrogens is 1150 g/mol. The zero-order valence-corrected chi connectivity index (χ0v) is 51.3. The highest BCUT2D eigenvalue weighted by Gasteiger charge is 2.52. The number of aliphatic imine (C=N–C) groups is 2. The lowest BCUT2D eigenvalue weighted by molar-refractivity contribution is -0.133. The number of ether oxygens (including phenoxy) is 1. The number of carbonyl (C=O) groups excluding carboxylic acids is 4. The lowest BCUT2D eigenvalue weighted by Crippen LogP contribution is -2.50. The number of rotatable bonds is 19. The van der Waals surface area contributed by atoms with E-state index in [4.69, 9.17) is 72.7 Å². The van der Waals surface area contributed by atoms with E-state index in [1.165, 1.54) is 7.11 Å². The third-order valence-corrected chi connectivity index (χ3v) is 18.0. The fourth-order valence-corrected chi connectivity index (χ4v) is 13.7. The summed E-state index contributed by atoms with van der Waals surface area (Å²) in [4.78, 5) is 68.1. The minimum absolute atomic E-state index is 0.0384.